The summed E-state index contributed by atoms with van der Waals surface area (Å²) in [5.74, 6) is 1.44. The molecule has 1 atom stereocenters. The molecular weight excluding hydrogens is 256 g/mol. The van der Waals surface area contributed by atoms with Crippen LogP contribution in [0.25, 0.3) is 0 Å². The molecule has 1 aliphatic heterocycles. The molecule has 4 nitrogen and oxygen atoms in total. The smallest absolute Gasteiger partial charge is 0.347 e. The number of rotatable bonds is 4. The van der Waals surface area contributed by atoms with E-state index in [9.17, 15) is 4.79 Å². The van der Waals surface area contributed by atoms with Gasteiger partial charge in [-0.1, -0.05) is 18.3 Å². The van der Waals surface area contributed by atoms with E-state index in [1.54, 1.807) is 0 Å². The van der Waals surface area contributed by atoms with Crippen LogP contribution in [-0.2, 0) is 6.42 Å². The summed E-state index contributed by atoms with van der Waals surface area (Å²) in [6, 6.07) is 0.498. The largest absolute Gasteiger partial charge is 0.477 e. The average molecular weight is 272 g/mol. The highest BCUT2D eigenvalue weighted by Crippen LogP contribution is 2.31. The van der Waals surface area contributed by atoms with Gasteiger partial charge in [0.1, 0.15) is 4.88 Å². The molecule has 0 spiro atoms. The summed E-state index contributed by atoms with van der Waals surface area (Å²) in [6.07, 6.45) is 1.83. The number of carboxylic acids is 1. The standard InChI is InChI=1S/C11H16N2O2S2/c1-3-8-9(10(14)15)17-11(12-8)13(2)7-4-5-16-6-7/h7H,3-6H2,1-2H3,(H,14,15). The molecule has 6 heteroatoms. The van der Waals surface area contributed by atoms with Crippen molar-refractivity contribution in [2.24, 2.45) is 0 Å². The first kappa shape index (κ1) is 12.7. The zero-order valence-electron chi connectivity index (χ0n) is 9.97. The number of nitrogens with zero attached hydrogens (tertiary/aromatic N) is 2. The predicted octanol–water partition coefficient (Wildman–Crippen LogP) is 2.35. The van der Waals surface area contributed by atoms with Crippen molar-refractivity contribution in [3.05, 3.63) is 10.6 Å². The van der Waals surface area contributed by atoms with E-state index >= 15 is 0 Å². The van der Waals surface area contributed by atoms with Gasteiger partial charge in [-0.05, 0) is 18.6 Å². The maximum atomic E-state index is 11.1. The number of thiazole rings is 1. The Morgan fingerprint density at radius 2 is 2.41 bits per heavy atom. The Kier molecular flexibility index (Phi) is 3.93. The fourth-order valence-corrected chi connectivity index (χ4v) is 4.17. The van der Waals surface area contributed by atoms with Crippen molar-refractivity contribution in [2.75, 3.05) is 23.5 Å². The molecular formula is C11H16N2O2S2. The van der Waals surface area contributed by atoms with Gasteiger partial charge < -0.3 is 10.0 Å². The second kappa shape index (κ2) is 5.27. The molecule has 0 saturated carbocycles. The fraction of sp³-hybridized carbons (Fsp3) is 0.636. The molecule has 0 amide bonds. The van der Waals surface area contributed by atoms with Gasteiger partial charge in [-0.3, -0.25) is 0 Å². The summed E-state index contributed by atoms with van der Waals surface area (Å²) in [5, 5.41) is 9.94. The molecule has 1 aromatic rings. The maximum Gasteiger partial charge on any atom is 0.347 e. The van der Waals surface area contributed by atoms with Crippen molar-refractivity contribution >= 4 is 34.2 Å². The Morgan fingerprint density at radius 1 is 1.65 bits per heavy atom. The molecule has 1 aromatic heterocycles. The Bertz CT molecular complexity index is 414. The second-order valence-electron chi connectivity index (χ2n) is 4.06. The first-order valence-corrected chi connectivity index (χ1v) is 7.64. The lowest BCUT2D eigenvalue weighted by atomic mass is 10.2. The quantitative estimate of drug-likeness (QED) is 0.912. The minimum atomic E-state index is -0.861. The van der Waals surface area contributed by atoms with Gasteiger partial charge >= 0.3 is 5.97 Å². The highest BCUT2D eigenvalue weighted by molar-refractivity contribution is 7.99. The summed E-state index contributed by atoms with van der Waals surface area (Å²) >= 11 is 3.24. The molecule has 2 heterocycles. The molecule has 0 aliphatic carbocycles. The summed E-state index contributed by atoms with van der Waals surface area (Å²) in [6.45, 7) is 1.94. The molecule has 0 radical (unpaired) electrons. The Labute approximate surface area is 109 Å². The van der Waals surface area contributed by atoms with Crippen LogP contribution in [0.2, 0.25) is 0 Å². The molecule has 1 aliphatic rings. The number of aromatic carboxylic acids is 1. The van der Waals surface area contributed by atoms with Crippen molar-refractivity contribution in [1.82, 2.24) is 4.98 Å². The summed E-state index contributed by atoms with van der Waals surface area (Å²) in [4.78, 5) is 18.1. The predicted molar refractivity (Wildman–Crippen MR) is 72.6 cm³/mol. The molecule has 1 fully saturated rings. The number of hydrogen-bond acceptors (Lipinski definition) is 5. The topological polar surface area (TPSA) is 53.4 Å². The Morgan fingerprint density at radius 3 is 2.88 bits per heavy atom. The molecule has 1 N–H and O–H groups in total. The van der Waals surface area contributed by atoms with Gasteiger partial charge in [0, 0.05) is 18.8 Å². The first-order valence-electron chi connectivity index (χ1n) is 5.67. The van der Waals surface area contributed by atoms with E-state index in [-0.39, 0.29) is 0 Å². The van der Waals surface area contributed by atoms with Crippen molar-refractivity contribution < 1.29 is 9.90 Å². The molecule has 17 heavy (non-hydrogen) atoms. The van der Waals surface area contributed by atoms with Crippen molar-refractivity contribution in [3.8, 4) is 0 Å². The van der Waals surface area contributed by atoms with Crippen molar-refractivity contribution in [1.29, 1.82) is 0 Å². The number of aromatic nitrogens is 1. The van der Waals surface area contributed by atoms with Crippen LogP contribution in [0.15, 0.2) is 0 Å². The lowest BCUT2D eigenvalue weighted by Gasteiger charge is -2.22. The molecule has 1 unspecified atom stereocenters. The van der Waals surface area contributed by atoms with E-state index in [4.69, 9.17) is 5.11 Å². The third kappa shape index (κ3) is 2.57. The number of thioether (sulfide) groups is 1. The third-order valence-corrected chi connectivity index (χ3v) is 5.29. The highest BCUT2D eigenvalue weighted by atomic mass is 32.2. The molecule has 2 rings (SSSR count). The Hall–Kier alpha value is -0.750. The van der Waals surface area contributed by atoms with E-state index in [0.717, 1.165) is 17.3 Å². The van der Waals surface area contributed by atoms with E-state index in [2.05, 4.69) is 9.88 Å². The zero-order valence-corrected chi connectivity index (χ0v) is 11.6. The number of carbonyl (C=O) groups is 1. The molecule has 94 valence electrons. The maximum absolute atomic E-state index is 11.1. The first-order chi connectivity index (χ1) is 8.13. The van der Waals surface area contributed by atoms with Crippen LogP contribution >= 0.6 is 23.1 Å². The number of anilines is 1. The molecule has 0 bridgehead atoms. The van der Waals surface area contributed by atoms with Crippen molar-refractivity contribution in [2.45, 2.75) is 25.8 Å². The zero-order chi connectivity index (χ0) is 12.4. The lowest BCUT2D eigenvalue weighted by Crippen LogP contribution is -2.31. The van der Waals surface area contributed by atoms with E-state index in [0.29, 0.717) is 23.0 Å². The SMILES string of the molecule is CCc1nc(N(C)C2CCSC2)sc1C(=O)O. The van der Waals surface area contributed by atoms with Crippen LogP contribution in [0.4, 0.5) is 5.13 Å². The monoisotopic (exact) mass is 272 g/mol. The number of hydrogen-bond donors (Lipinski definition) is 1. The average Bonchev–Trinajstić information content (AvgIpc) is 2.97. The third-order valence-electron chi connectivity index (χ3n) is 2.97. The minimum Gasteiger partial charge on any atom is -0.477 e. The van der Waals surface area contributed by atoms with Crippen LogP contribution in [0.1, 0.15) is 28.7 Å². The van der Waals surface area contributed by atoms with Gasteiger partial charge in [0.15, 0.2) is 5.13 Å². The van der Waals surface area contributed by atoms with Crippen molar-refractivity contribution in [3.63, 3.8) is 0 Å². The number of aryl methyl sites for hydroxylation is 1. The van der Waals surface area contributed by atoms with Crippen LogP contribution in [-0.4, -0.2) is 40.7 Å². The minimum absolute atomic E-state index is 0.389. The van der Waals surface area contributed by atoms with Crippen LogP contribution < -0.4 is 4.90 Å². The van der Waals surface area contributed by atoms with Crippen LogP contribution in [0.5, 0.6) is 0 Å². The van der Waals surface area contributed by atoms with Crippen LogP contribution in [0.3, 0.4) is 0 Å². The second-order valence-corrected chi connectivity index (χ2v) is 6.19. The van der Waals surface area contributed by atoms with Crippen LogP contribution in [0, 0.1) is 0 Å². The summed E-state index contributed by atoms with van der Waals surface area (Å²) in [7, 11) is 2.01. The van der Waals surface area contributed by atoms with Gasteiger partial charge in [-0.2, -0.15) is 11.8 Å². The molecule has 0 aromatic carbocycles. The van der Waals surface area contributed by atoms with Gasteiger partial charge in [0.2, 0.25) is 0 Å². The lowest BCUT2D eigenvalue weighted by molar-refractivity contribution is 0.0701. The Balaban J connectivity index is 2.23. The van der Waals surface area contributed by atoms with Gasteiger partial charge in [-0.15, -0.1) is 0 Å². The van der Waals surface area contributed by atoms with E-state index in [1.165, 1.54) is 17.1 Å². The highest BCUT2D eigenvalue weighted by Gasteiger charge is 2.24. The normalized spacial score (nSPS) is 19.5. The van der Waals surface area contributed by atoms with E-state index in [1.807, 2.05) is 25.7 Å². The van der Waals surface area contributed by atoms with Gasteiger partial charge in [0.25, 0.3) is 0 Å². The van der Waals surface area contributed by atoms with Gasteiger partial charge in [0.05, 0.1) is 5.69 Å². The fourth-order valence-electron chi connectivity index (χ4n) is 1.88. The van der Waals surface area contributed by atoms with E-state index < -0.39 is 5.97 Å². The number of carboxylic acid groups (broad SMARTS) is 1. The molecule has 1 saturated heterocycles. The summed E-state index contributed by atoms with van der Waals surface area (Å²) < 4.78 is 0. The van der Waals surface area contributed by atoms with Gasteiger partial charge in [-0.25, -0.2) is 9.78 Å². The summed E-state index contributed by atoms with van der Waals surface area (Å²) in [5.41, 5.74) is 0.704.